The van der Waals surface area contributed by atoms with Crippen molar-refractivity contribution in [3.05, 3.63) is 29.8 Å². The van der Waals surface area contributed by atoms with Crippen molar-refractivity contribution >= 4 is 10.0 Å². The first kappa shape index (κ1) is 16.8. The molecule has 1 aromatic carbocycles. The molecule has 0 amide bonds. The molecule has 0 bridgehead atoms. The predicted molar refractivity (Wildman–Crippen MR) is 84.9 cm³/mol. The van der Waals surface area contributed by atoms with Gasteiger partial charge < -0.3 is 4.74 Å². The summed E-state index contributed by atoms with van der Waals surface area (Å²) in [5.74, 6) is 0.303. The average molecular weight is 322 g/mol. The van der Waals surface area contributed by atoms with Gasteiger partial charge in [0.25, 0.3) is 0 Å². The zero-order valence-electron chi connectivity index (χ0n) is 12.8. The molecule has 0 spiro atoms. The quantitative estimate of drug-likeness (QED) is 0.837. The molecule has 0 radical (unpaired) electrons. The predicted octanol–water partition coefficient (Wildman–Crippen LogP) is 2.90. The molecule has 1 fully saturated rings. The van der Waals surface area contributed by atoms with E-state index in [1.165, 1.54) is 12.8 Å². The van der Waals surface area contributed by atoms with E-state index in [2.05, 4.69) is 4.72 Å². The number of nitrogens with zero attached hydrogens (tertiary/aromatic N) is 1. The third-order valence-corrected chi connectivity index (χ3v) is 5.02. The third kappa shape index (κ3) is 4.72. The minimum atomic E-state index is -3.56. The van der Waals surface area contributed by atoms with Gasteiger partial charge in [0, 0.05) is 6.04 Å². The third-order valence-electron chi connectivity index (χ3n) is 3.87. The molecular weight excluding hydrogens is 300 g/mol. The van der Waals surface area contributed by atoms with Crippen molar-refractivity contribution in [2.75, 3.05) is 5.75 Å². The maximum Gasteiger partial charge on any atom is 0.225 e. The lowest BCUT2D eigenvalue weighted by molar-refractivity contribution is 0.210. The van der Waals surface area contributed by atoms with Gasteiger partial charge in [-0.15, -0.1) is 0 Å². The molecule has 1 aliphatic carbocycles. The van der Waals surface area contributed by atoms with Gasteiger partial charge in [-0.05, 0) is 49.8 Å². The molecule has 6 heteroatoms. The van der Waals surface area contributed by atoms with Gasteiger partial charge in [0.1, 0.15) is 5.75 Å². The highest BCUT2D eigenvalue weighted by molar-refractivity contribution is 7.89. The van der Waals surface area contributed by atoms with Crippen molar-refractivity contribution < 1.29 is 13.2 Å². The number of hydrogen-bond donors (Lipinski definition) is 1. The summed E-state index contributed by atoms with van der Waals surface area (Å²) < 4.78 is 31.9. The lowest BCUT2D eigenvalue weighted by atomic mass is 10.1. The van der Waals surface area contributed by atoms with Gasteiger partial charge >= 0.3 is 0 Å². The first-order valence-corrected chi connectivity index (χ1v) is 9.33. The normalized spacial score (nSPS) is 17.1. The zero-order chi connectivity index (χ0) is 16.0. The average Bonchev–Trinajstić information content (AvgIpc) is 2.99. The molecule has 0 unspecified atom stereocenters. The number of hydrogen-bond acceptors (Lipinski definition) is 4. The Balaban J connectivity index is 2.02. The van der Waals surface area contributed by atoms with Crippen molar-refractivity contribution in [2.24, 2.45) is 0 Å². The van der Waals surface area contributed by atoms with Gasteiger partial charge in [-0.25, -0.2) is 13.1 Å². The van der Waals surface area contributed by atoms with E-state index in [-0.39, 0.29) is 6.04 Å². The molecule has 0 heterocycles. The molecular formula is C16H22N2O3S. The van der Waals surface area contributed by atoms with Crippen LogP contribution in [0.15, 0.2) is 24.3 Å². The Bertz CT molecular complexity index is 614. The second-order valence-electron chi connectivity index (χ2n) is 5.59. The van der Waals surface area contributed by atoms with E-state index in [1.54, 1.807) is 6.07 Å². The largest absolute Gasteiger partial charge is 0.490 e. The van der Waals surface area contributed by atoms with E-state index < -0.39 is 15.8 Å². The highest BCUT2D eigenvalue weighted by Gasteiger charge is 2.19. The maximum atomic E-state index is 11.7. The summed E-state index contributed by atoms with van der Waals surface area (Å²) >= 11 is 0. The van der Waals surface area contributed by atoms with Gasteiger partial charge in [0.15, 0.2) is 5.75 Å². The Labute approximate surface area is 132 Å². The minimum absolute atomic E-state index is 0.307. The van der Waals surface area contributed by atoms with Crippen molar-refractivity contribution in [3.63, 3.8) is 0 Å². The second kappa shape index (κ2) is 7.61. The molecule has 0 aliphatic heterocycles. The zero-order valence-corrected chi connectivity index (χ0v) is 13.6. The van der Waals surface area contributed by atoms with Gasteiger partial charge in [-0.3, -0.25) is 0 Å². The van der Waals surface area contributed by atoms with Crippen LogP contribution in [0.1, 0.15) is 50.6 Å². The lowest BCUT2D eigenvalue weighted by Crippen LogP contribution is -2.30. The first-order valence-electron chi connectivity index (χ1n) is 7.67. The standard InChI is InChI=1S/C16H22N2O3S/c1-2-16(18-22(19,20)12-11-17)13-7-9-15(10-8-13)21-14-5-3-4-6-14/h7-10,14,16,18H,2-6,12H2,1H3/t16-/m1/s1. The van der Waals surface area contributed by atoms with Crippen LogP contribution in [0, 0.1) is 11.3 Å². The Kier molecular flexibility index (Phi) is 5.81. The SMILES string of the molecule is CC[C@@H](NS(=O)(=O)CC#N)c1ccc(OC2CCCC2)cc1. The van der Waals surface area contributed by atoms with Crippen LogP contribution in [-0.4, -0.2) is 20.3 Å². The second-order valence-corrected chi connectivity index (χ2v) is 7.34. The molecule has 1 saturated carbocycles. The monoisotopic (exact) mass is 322 g/mol. The van der Waals surface area contributed by atoms with Crippen LogP contribution in [-0.2, 0) is 10.0 Å². The molecule has 22 heavy (non-hydrogen) atoms. The van der Waals surface area contributed by atoms with Crippen LogP contribution in [0.25, 0.3) is 0 Å². The first-order chi connectivity index (χ1) is 10.5. The van der Waals surface area contributed by atoms with Crippen molar-refractivity contribution in [1.29, 1.82) is 5.26 Å². The number of sulfonamides is 1. The van der Waals surface area contributed by atoms with E-state index in [0.29, 0.717) is 12.5 Å². The Morgan fingerprint density at radius 1 is 1.32 bits per heavy atom. The van der Waals surface area contributed by atoms with Crippen molar-refractivity contribution in [3.8, 4) is 11.8 Å². The van der Waals surface area contributed by atoms with Crippen molar-refractivity contribution in [1.82, 2.24) is 4.72 Å². The summed E-state index contributed by atoms with van der Waals surface area (Å²) in [5.41, 5.74) is 0.878. The van der Waals surface area contributed by atoms with Crippen LogP contribution in [0.5, 0.6) is 5.75 Å². The molecule has 0 saturated heterocycles. The number of nitriles is 1. The summed E-state index contributed by atoms with van der Waals surface area (Å²) in [7, 11) is -3.56. The summed E-state index contributed by atoms with van der Waals surface area (Å²) in [4.78, 5) is 0. The van der Waals surface area contributed by atoms with Crippen LogP contribution in [0.4, 0.5) is 0 Å². The molecule has 1 aliphatic rings. The summed E-state index contributed by atoms with van der Waals surface area (Å²) in [6.07, 6.45) is 5.58. The molecule has 1 aromatic rings. The summed E-state index contributed by atoms with van der Waals surface area (Å²) in [5, 5.41) is 8.54. The number of benzene rings is 1. The number of rotatable bonds is 7. The fraction of sp³-hybridized carbons (Fsp3) is 0.562. The highest BCUT2D eigenvalue weighted by Crippen LogP contribution is 2.26. The molecule has 120 valence electrons. The molecule has 0 aromatic heterocycles. The van der Waals surface area contributed by atoms with Gasteiger partial charge in [-0.1, -0.05) is 19.1 Å². The molecule has 5 nitrogen and oxygen atoms in total. The lowest BCUT2D eigenvalue weighted by Gasteiger charge is -2.18. The summed E-state index contributed by atoms with van der Waals surface area (Å²) in [6.45, 7) is 1.91. The van der Waals surface area contributed by atoms with Gasteiger partial charge in [0.05, 0.1) is 12.2 Å². The summed E-state index contributed by atoms with van der Waals surface area (Å²) in [6, 6.07) is 8.88. The van der Waals surface area contributed by atoms with Crippen molar-refractivity contribution in [2.45, 2.75) is 51.2 Å². The Morgan fingerprint density at radius 3 is 2.50 bits per heavy atom. The highest BCUT2D eigenvalue weighted by atomic mass is 32.2. The van der Waals surface area contributed by atoms with E-state index in [0.717, 1.165) is 24.2 Å². The van der Waals surface area contributed by atoms with E-state index in [1.807, 2.05) is 31.2 Å². The number of ether oxygens (including phenoxy) is 1. The van der Waals surface area contributed by atoms with E-state index in [4.69, 9.17) is 10.00 Å². The Hall–Kier alpha value is -1.58. The number of nitrogens with one attached hydrogen (secondary N) is 1. The molecule has 1 N–H and O–H groups in total. The van der Waals surface area contributed by atoms with Gasteiger partial charge in [0.2, 0.25) is 10.0 Å². The molecule has 1 atom stereocenters. The van der Waals surface area contributed by atoms with E-state index >= 15 is 0 Å². The maximum absolute atomic E-state index is 11.7. The van der Waals surface area contributed by atoms with E-state index in [9.17, 15) is 8.42 Å². The fourth-order valence-electron chi connectivity index (χ4n) is 2.71. The topological polar surface area (TPSA) is 79.2 Å². The van der Waals surface area contributed by atoms with Gasteiger partial charge in [-0.2, -0.15) is 5.26 Å². The minimum Gasteiger partial charge on any atom is -0.490 e. The van der Waals surface area contributed by atoms with Crippen LogP contribution in [0.3, 0.4) is 0 Å². The van der Waals surface area contributed by atoms with Crippen LogP contribution in [0.2, 0.25) is 0 Å². The molecule has 2 rings (SSSR count). The van der Waals surface area contributed by atoms with Crippen LogP contribution >= 0.6 is 0 Å². The Morgan fingerprint density at radius 2 is 1.95 bits per heavy atom. The fourth-order valence-corrected chi connectivity index (χ4v) is 3.70. The smallest absolute Gasteiger partial charge is 0.225 e. The van der Waals surface area contributed by atoms with Crippen LogP contribution < -0.4 is 9.46 Å².